The van der Waals surface area contributed by atoms with Crippen LogP contribution in [0.25, 0.3) is 0 Å². The van der Waals surface area contributed by atoms with Crippen molar-refractivity contribution in [2.75, 3.05) is 0 Å². The van der Waals surface area contributed by atoms with Gasteiger partial charge in [-0.25, -0.2) is 0 Å². The molecule has 0 heterocycles. The van der Waals surface area contributed by atoms with Crippen molar-refractivity contribution in [3.63, 3.8) is 0 Å². The molecule has 98 valence electrons. The topological polar surface area (TPSA) is 83.8 Å². The lowest BCUT2D eigenvalue weighted by molar-refractivity contribution is -0.140. The van der Waals surface area contributed by atoms with Crippen LogP contribution in [0.3, 0.4) is 0 Å². The molecule has 2 radical (unpaired) electrons. The highest BCUT2D eigenvalue weighted by atomic mass is 28.4. The van der Waals surface area contributed by atoms with Crippen molar-refractivity contribution >= 4 is 30.0 Å². The van der Waals surface area contributed by atoms with E-state index in [1.54, 1.807) is 0 Å². The van der Waals surface area contributed by atoms with Gasteiger partial charge in [-0.15, -0.1) is 0 Å². The summed E-state index contributed by atoms with van der Waals surface area (Å²) < 4.78 is 5.66. The highest BCUT2D eigenvalue weighted by molar-refractivity contribution is 6.75. The average Bonchev–Trinajstić information content (AvgIpc) is 2.12. The van der Waals surface area contributed by atoms with E-state index in [1.807, 2.05) is 6.55 Å². The zero-order valence-corrected chi connectivity index (χ0v) is 12.5. The zero-order valence-electron chi connectivity index (χ0n) is 10.5. The van der Waals surface area contributed by atoms with E-state index < -0.39 is 20.3 Å². The Hall–Kier alpha value is -0.666. The molecule has 5 nitrogen and oxygen atoms in total. The molecule has 0 aromatic carbocycles. The molecule has 0 unspecified atom stereocenters. The van der Waals surface area contributed by atoms with E-state index in [1.165, 1.54) is 0 Å². The molecule has 0 aromatic rings. The van der Waals surface area contributed by atoms with Crippen molar-refractivity contribution < 1.29 is 23.9 Å². The lowest BCUT2D eigenvalue weighted by atomic mass is 9.99. The van der Waals surface area contributed by atoms with Crippen LogP contribution in [0.5, 0.6) is 0 Å². The van der Waals surface area contributed by atoms with Crippen LogP contribution in [0, 0.1) is 5.92 Å². The molecular formula is C10H20O5Si2. The van der Waals surface area contributed by atoms with Crippen LogP contribution in [0.1, 0.15) is 19.3 Å². The lowest BCUT2D eigenvalue weighted by Gasteiger charge is -2.24. The van der Waals surface area contributed by atoms with Gasteiger partial charge in [-0.3, -0.25) is 9.59 Å². The quantitative estimate of drug-likeness (QED) is 0.628. The minimum Gasteiger partial charge on any atom is -0.481 e. The number of aliphatic carboxylic acids is 2. The number of rotatable bonds is 9. The monoisotopic (exact) mass is 276 g/mol. The summed E-state index contributed by atoms with van der Waals surface area (Å²) >= 11 is 0. The molecule has 0 aliphatic rings. The van der Waals surface area contributed by atoms with Gasteiger partial charge in [-0.1, -0.05) is 0 Å². The molecule has 0 saturated carbocycles. The third kappa shape index (κ3) is 9.07. The van der Waals surface area contributed by atoms with E-state index in [9.17, 15) is 9.59 Å². The molecule has 0 aliphatic heterocycles. The van der Waals surface area contributed by atoms with Gasteiger partial charge in [0.1, 0.15) is 0 Å². The number of hydrogen-bond acceptors (Lipinski definition) is 3. The summed E-state index contributed by atoms with van der Waals surface area (Å²) in [6.07, 6.45) is 0.457. The Morgan fingerprint density at radius 2 is 1.71 bits per heavy atom. The molecular weight excluding hydrogens is 256 g/mol. The van der Waals surface area contributed by atoms with Gasteiger partial charge >= 0.3 is 11.9 Å². The van der Waals surface area contributed by atoms with E-state index in [2.05, 4.69) is 13.1 Å². The first-order valence-electron chi connectivity index (χ1n) is 5.55. The summed E-state index contributed by atoms with van der Waals surface area (Å²) in [7, 11) is -1.31. The summed E-state index contributed by atoms with van der Waals surface area (Å²) in [6.45, 7) is 6.10. The second-order valence-corrected chi connectivity index (χ2v) is 9.91. The lowest BCUT2D eigenvalue weighted by Crippen LogP contribution is -2.32. The summed E-state index contributed by atoms with van der Waals surface area (Å²) in [5, 5.41) is 17.4. The number of hydrogen-bond donors (Lipinski definition) is 2. The van der Waals surface area contributed by atoms with Gasteiger partial charge in [0.25, 0.3) is 0 Å². The van der Waals surface area contributed by atoms with E-state index >= 15 is 0 Å². The maximum absolute atomic E-state index is 10.6. The Morgan fingerprint density at radius 1 is 1.24 bits per heavy atom. The molecule has 0 aliphatic carbocycles. The summed E-state index contributed by atoms with van der Waals surface area (Å²) in [5.74, 6) is -2.16. The van der Waals surface area contributed by atoms with Crippen LogP contribution in [0.4, 0.5) is 0 Å². The van der Waals surface area contributed by atoms with Gasteiger partial charge in [0.2, 0.25) is 9.76 Å². The second-order valence-electron chi connectivity index (χ2n) is 4.67. The Kier molecular flexibility index (Phi) is 7.32. The molecule has 0 rings (SSSR count). The first-order chi connectivity index (χ1) is 7.76. The minimum atomic E-state index is -1.74. The standard InChI is InChI=1S/C10H20O5Si2/c1-16-15-17(2,3)5-4-8(6-9(11)12)7-10(13)14/h8H,4-7H2,1-3H3,(H,11,12)(H,13,14). The molecule has 2 N–H and O–H groups in total. The van der Waals surface area contributed by atoms with Crippen LogP contribution in [0.2, 0.25) is 25.7 Å². The maximum atomic E-state index is 10.6. The summed E-state index contributed by atoms with van der Waals surface area (Å²) in [5.41, 5.74) is 0. The first kappa shape index (κ1) is 16.3. The predicted molar refractivity (Wildman–Crippen MR) is 67.6 cm³/mol. The fourth-order valence-corrected chi connectivity index (χ4v) is 5.37. The van der Waals surface area contributed by atoms with Crippen molar-refractivity contribution in [2.24, 2.45) is 5.92 Å². The molecule has 0 saturated heterocycles. The molecule has 17 heavy (non-hydrogen) atoms. The number of carboxylic acids is 2. The van der Waals surface area contributed by atoms with Crippen LogP contribution >= 0.6 is 0 Å². The fraction of sp³-hybridized carbons (Fsp3) is 0.800. The first-order valence-corrected chi connectivity index (χ1v) is 10.1. The maximum Gasteiger partial charge on any atom is 0.303 e. The van der Waals surface area contributed by atoms with Crippen molar-refractivity contribution in [3.05, 3.63) is 0 Å². The van der Waals surface area contributed by atoms with Gasteiger partial charge < -0.3 is 14.3 Å². The highest BCUT2D eigenvalue weighted by Crippen LogP contribution is 2.22. The van der Waals surface area contributed by atoms with Gasteiger partial charge in [-0.2, -0.15) is 0 Å². The third-order valence-corrected chi connectivity index (χ3v) is 6.98. The fourth-order valence-electron chi connectivity index (χ4n) is 1.65. The molecule has 0 bridgehead atoms. The van der Waals surface area contributed by atoms with Gasteiger partial charge in [-0.05, 0) is 38.0 Å². The van der Waals surface area contributed by atoms with Crippen molar-refractivity contribution in [3.8, 4) is 0 Å². The average molecular weight is 276 g/mol. The highest BCUT2D eigenvalue weighted by Gasteiger charge is 2.25. The normalized spacial score (nSPS) is 11.8. The Morgan fingerprint density at radius 3 is 2.06 bits per heavy atom. The van der Waals surface area contributed by atoms with Crippen LogP contribution in [-0.4, -0.2) is 40.2 Å². The molecule has 0 spiro atoms. The molecule has 0 amide bonds. The predicted octanol–water partition coefficient (Wildman–Crippen LogP) is 1.83. The molecule has 0 aromatic heterocycles. The number of carboxylic acid groups (broad SMARTS) is 2. The van der Waals surface area contributed by atoms with E-state index in [-0.39, 0.29) is 18.8 Å². The third-order valence-electron chi connectivity index (χ3n) is 2.46. The summed E-state index contributed by atoms with van der Waals surface area (Å²) in [6, 6.07) is 0.805. The second kappa shape index (κ2) is 7.62. The molecule has 0 atom stereocenters. The zero-order chi connectivity index (χ0) is 13.5. The summed E-state index contributed by atoms with van der Waals surface area (Å²) in [4.78, 5) is 21.3. The van der Waals surface area contributed by atoms with Crippen molar-refractivity contribution in [1.29, 1.82) is 0 Å². The molecule has 7 heteroatoms. The molecule has 0 fully saturated rings. The smallest absolute Gasteiger partial charge is 0.303 e. The van der Waals surface area contributed by atoms with E-state index in [4.69, 9.17) is 14.3 Å². The minimum absolute atomic E-state index is 0.0782. The Balaban J connectivity index is 4.23. The van der Waals surface area contributed by atoms with Gasteiger partial charge in [0, 0.05) is 12.8 Å². The SMILES string of the molecule is C[Si]O[Si](C)(C)CCC(CC(=O)O)CC(=O)O. The van der Waals surface area contributed by atoms with E-state index in [0.717, 1.165) is 6.04 Å². The largest absolute Gasteiger partial charge is 0.481 e. The van der Waals surface area contributed by atoms with Crippen molar-refractivity contribution in [1.82, 2.24) is 0 Å². The van der Waals surface area contributed by atoms with Crippen LogP contribution in [0.15, 0.2) is 0 Å². The van der Waals surface area contributed by atoms with E-state index in [0.29, 0.717) is 16.2 Å². The van der Waals surface area contributed by atoms with Gasteiger partial charge in [0.05, 0.1) is 0 Å². The Bertz CT molecular complexity index is 251. The van der Waals surface area contributed by atoms with Gasteiger partial charge in [0.15, 0.2) is 8.32 Å². The Labute approximate surface area is 105 Å². The van der Waals surface area contributed by atoms with Crippen molar-refractivity contribution in [2.45, 2.75) is 44.9 Å². The van der Waals surface area contributed by atoms with Crippen LogP contribution in [-0.2, 0) is 13.7 Å². The number of carbonyl (C=O) groups is 2. The van der Waals surface area contributed by atoms with Crippen LogP contribution < -0.4 is 0 Å².